The lowest BCUT2D eigenvalue weighted by atomic mass is 10.1. The van der Waals surface area contributed by atoms with Gasteiger partial charge in [-0.05, 0) is 42.3 Å². The van der Waals surface area contributed by atoms with Gasteiger partial charge in [0.1, 0.15) is 5.01 Å². The first-order valence-electron chi connectivity index (χ1n) is 8.29. The lowest BCUT2D eigenvalue weighted by Gasteiger charge is -2.12. The van der Waals surface area contributed by atoms with Gasteiger partial charge in [-0.2, -0.15) is 5.10 Å². The Hall–Kier alpha value is -2.91. The Morgan fingerprint density at radius 1 is 1.11 bits per heavy atom. The normalized spacial score (nSPS) is 12.4. The van der Waals surface area contributed by atoms with Crippen LogP contribution in [0.3, 0.4) is 0 Å². The smallest absolute Gasteiger partial charge is 0.206 e. The van der Waals surface area contributed by atoms with Gasteiger partial charge in [0, 0.05) is 23.5 Å². The molecule has 4 rings (SSSR count). The number of hydrogen-bond acceptors (Lipinski definition) is 6. The van der Waals surface area contributed by atoms with Crippen molar-refractivity contribution in [2.45, 2.75) is 12.5 Å². The number of hydrogen-bond donors (Lipinski definition) is 3. The van der Waals surface area contributed by atoms with Crippen molar-refractivity contribution in [3.8, 4) is 10.6 Å². The van der Waals surface area contributed by atoms with Crippen LogP contribution in [0.15, 0.2) is 42.6 Å². The zero-order valence-corrected chi connectivity index (χ0v) is 14.9. The lowest BCUT2D eigenvalue weighted by molar-refractivity contribution is 0.506. The second kappa shape index (κ2) is 7.37. The van der Waals surface area contributed by atoms with Crippen molar-refractivity contribution in [2.75, 3.05) is 11.9 Å². The largest absolute Gasteiger partial charge is 0.359 e. The summed E-state index contributed by atoms with van der Waals surface area (Å²) >= 11 is 1.42. The molecule has 0 saturated heterocycles. The van der Waals surface area contributed by atoms with Crippen molar-refractivity contribution >= 4 is 27.4 Å². The van der Waals surface area contributed by atoms with Crippen LogP contribution in [0.4, 0.5) is 13.9 Å². The highest BCUT2D eigenvalue weighted by Crippen LogP contribution is 2.28. The molecule has 0 aliphatic rings. The third kappa shape index (κ3) is 3.93. The van der Waals surface area contributed by atoms with E-state index >= 15 is 0 Å². The van der Waals surface area contributed by atoms with Crippen molar-refractivity contribution < 1.29 is 8.78 Å². The summed E-state index contributed by atoms with van der Waals surface area (Å²) in [6, 6.07) is 9.45. The number of nitrogens with one attached hydrogen (secondary N) is 2. The third-order valence-electron chi connectivity index (χ3n) is 4.11. The van der Waals surface area contributed by atoms with Crippen LogP contribution >= 0.6 is 11.3 Å². The third-order valence-corrected chi connectivity index (χ3v) is 5.04. The molecule has 0 amide bonds. The van der Waals surface area contributed by atoms with Crippen molar-refractivity contribution in [1.82, 2.24) is 20.4 Å². The second-order valence-corrected chi connectivity index (χ2v) is 7.16. The molecule has 0 unspecified atom stereocenters. The highest BCUT2D eigenvalue weighted by Gasteiger charge is 2.11. The number of aromatic nitrogens is 4. The number of halogens is 2. The van der Waals surface area contributed by atoms with Crippen LogP contribution in [-0.2, 0) is 6.42 Å². The zero-order chi connectivity index (χ0) is 18.8. The summed E-state index contributed by atoms with van der Waals surface area (Å²) in [7, 11) is 0. The van der Waals surface area contributed by atoms with Crippen LogP contribution in [0.25, 0.3) is 21.5 Å². The topological polar surface area (TPSA) is 92.5 Å². The molecule has 138 valence electrons. The minimum absolute atomic E-state index is 0.274. The first kappa shape index (κ1) is 17.5. The molecular weight excluding hydrogens is 370 g/mol. The number of nitrogens with two attached hydrogens (primary N) is 1. The predicted octanol–water partition coefficient (Wildman–Crippen LogP) is 3.34. The van der Waals surface area contributed by atoms with Crippen LogP contribution in [-0.4, -0.2) is 33.0 Å². The number of fused-ring (bicyclic) bond motifs is 1. The maximum atomic E-state index is 13.3. The molecule has 2 heterocycles. The number of rotatable bonds is 6. The van der Waals surface area contributed by atoms with Crippen LogP contribution in [0.2, 0.25) is 0 Å². The molecule has 27 heavy (non-hydrogen) atoms. The van der Waals surface area contributed by atoms with Crippen molar-refractivity contribution in [1.29, 1.82) is 0 Å². The zero-order valence-electron chi connectivity index (χ0n) is 14.1. The van der Waals surface area contributed by atoms with E-state index in [4.69, 9.17) is 5.73 Å². The van der Waals surface area contributed by atoms with Gasteiger partial charge in [0.2, 0.25) is 5.13 Å². The lowest BCUT2D eigenvalue weighted by Crippen LogP contribution is -2.31. The van der Waals surface area contributed by atoms with Crippen molar-refractivity contribution in [2.24, 2.45) is 5.73 Å². The standard InChI is InChI=1S/C18H16F2N6S/c19-14-3-1-10(6-15(14)20)5-13(21)9-22-18-26-25-17(27-18)11-2-4-16-12(7-11)8-23-24-16/h1-4,6-8,13H,5,9,21H2,(H,22,26)(H,23,24)/t13-/m1/s1. The quantitative estimate of drug-likeness (QED) is 0.473. The van der Waals surface area contributed by atoms with Crippen molar-refractivity contribution in [3.63, 3.8) is 0 Å². The first-order valence-corrected chi connectivity index (χ1v) is 9.10. The Morgan fingerprint density at radius 2 is 2.00 bits per heavy atom. The summed E-state index contributed by atoms with van der Waals surface area (Å²) in [6.45, 7) is 0.439. The van der Waals surface area contributed by atoms with E-state index in [1.54, 1.807) is 6.20 Å². The number of aromatic amines is 1. The van der Waals surface area contributed by atoms with Gasteiger partial charge in [0.05, 0.1) is 11.7 Å². The molecular formula is C18H16F2N6S. The predicted molar refractivity (Wildman–Crippen MR) is 102 cm³/mol. The van der Waals surface area contributed by atoms with E-state index in [9.17, 15) is 8.78 Å². The number of H-pyrrole nitrogens is 1. The molecule has 0 bridgehead atoms. The van der Waals surface area contributed by atoms with Gasteiger partial charge >= 0.3 is 0 Å². The van der Waals surface area contributed by atoms with E-state index in [0.717, 1.165) is 27.5 Å². The Bertz CT molecular complexity index is 1080. The summed E-state index contributed by atoms with van der Waals surface area (Å²) in [4.78, 5) is 0. The van der Waals surface area contributed by atoms with Crippen LogP contribution < -0.4 is 11.1 Å². The molecule has 9 heteroatoms. The number of nitrogens with zero attached hydrogens (tertiary/aromatic N) is 3. The molecule has 2 aromatic carbocycles. The highest BCUT2D eigenvalue weighted by atomic mass is 32.1. The molecule has 4 aromatic rings. The molecule has 4 N–H and O–H groups in total. The van der Waals surface area contributed by atoms with Gasteiger partial charge in [-0.3, -0.25) is 5.10 Å². The van der Waals surface area contributed by atoms with Crippen LogP contribution in [0.1, 0.15) is 5.56 Å². The molecule has 2 aromatic heterocycles. The van der Waals surface area contributed by atoms with Crippen molar-refractivity contribution in [3.05, 3.63) is 59.8 Å². The fourth-order valence-electron chi connectivity index (χ4n) is 2.75. The molecule has 0 aliphatic carbocycles. The van der Waals surface area contributed by atoms with E-state index in [1.807, 2.05) is 18.2 Å². The van der Waals surface area contributed by atoms with E-state index in [-0.39, 0.29) is 6.04 Å². The fraction of sp³-hybridized carbons (Fsp3) is 0.167. The van der Waals surface area contributed by atoms with E-state index in [1.165, 1.54) is 23.5 Å². The van der Waals surface area contributed by atoms with E-state index in [0.29, 0.717) is 23.7 Å². The van der Waals surface area contributed by atoms with Crippen LogP contribution in [0.5, 0.6) is 0 Å². The number of anilines is 1. The Kier molecular flexibility index (Phi) is 4.78. The summed E-state index contributed by atoms with van der Waals surface area (Å²) in [5.41, 5.74) is 8.65. The summed E-state index contributed by atoms with van der Waals surface area (Å²) in [6.07, 6.45) is 2.18. The van der Waals surface area contributed by atoms with Gasteiger partial charge in [0.25, 0.3) is 0 Å². The maximum Gasteiger partial charge on any atom is 0.206 e. The fourth-order valence-corrected chi connectivity index (χ4v) is 3.49. The first-order chi connectivity index (χ1) is 13.1. The van der Waals surface area contributed by atoms with Crippen LogP contribution in [0, 0.1) is 11.6 Å². The van der Waals surface area contributed by atoms with Gasteiger partial charge in [-0.25, -0.2) is 8.78 Å². The summed E-state index contributed by atoms with van der Waals surface area (Å²) < 4.78 is 26.2. The average molecular weight is 386 g/mol. The minimum Gasteiger partial charge on any atom is -0.359 e. The minimum atomic E-state index is -0.865. The van der Waals surface area contributed by atoms with E-state index in [2.05, 4.69) is 25.7 Å². The average Bonchev–Trinajstić information content (AvgIpc) is 3.31. The summed E-state index contributed by atoms with van der Waals surface area (Å²) in [5.74, 6) is -1.73. The molecule has 6 nitrogen and oxygen atoms in total. The molecule has 1 atom stereocenters. The van der Waals surface area contributed by atoms with Gasteiger partial charge in [0.15, 0.2) is 11.6 Å². The second-order valence-electron chi connectivity index (χ2n) is 6.18. The van der Waals surface area contributed by atoms with E-state index < -0.39 is 11.6 Å². The van der Waals surface area contributed by atoms with Gasteiger partial charge in [-0.15, -0.1) is 10.2 Å². The maximum absolute atomic E-state index is 13.3. The van der Waals surface area contributed by atoms with Gasteiger partial charge < -0.3 is 11.1 Å². The number of benzene rings is 2. The molecule has 0 spiro atoms. The monoisotopic (exact) mass is 386 g/mol. The molecule has 0 aliphatic heterocycles. The SMILES string of the molecule is N[C@@H](CNc1nnc(-c2ccc3[nH]ncc3c2)s1)Cc1ccc(F)c(F)c1. The molecule has 0 fully saturated rings. The molecule has 0 saturated carbocycles. The molecule has 0 radical (unpaired) electrons. The Labute approximate surface area is 157 Å². The van der Waals surface area contributed by atoms with Gasteiger partial charge in [-0.1, -0.05) is 17.4 Å². The Balaban J connectivity index is 1.38. The Morgan fingerprint density at radius 3 is 2.85 bits per heavy atom. The highest BCUT2D eigenvalue weighted by molar-refractivity contribution is 7.18. The summed E-state index contributed by atoms with van der Waals surface area (Å²) in [5, 5.41) is 20.8.